The Morgan fingerprint density at radius 3 is 2.41 bits per heavy atom. The molecule has 3 nitrogen and oxygen atoms in total. The number of rotatable bonds is 8. The number of benzene rings is 1. The Hall–Kier alpha value is -1.00. The van der Waals surface area contributed by atoms with Crippen LogP contribution in [0.5, 0.6) is 0 Å². The van der Waals surface area contributed by atoms with Gasteiger partial charge in [-0.15, -0.1) is 11.8 Å². The SMILES string of the molecule is O=C(O)CCCCCSc1ccc(CO)cc1. The third-order valence-electron chi connectivity index (χ3n) is 2.41. The number of aliphatic hydroxyl groups excluding tert-OH is 1. The highest BCUT2D eigenvalue weighted by Gasteiger charge is 1.98. The zero-order valence-corrected chi connectivity index (χ0v) is 10.6. The first-order chi connectivity index (χ1) is 8.22. The highest BCUT2D eigenvalue weighted by molar-refractivity contribution is 7.99. The second-order valence-electron chi connectivity index (χ2n) is 3.85. The van der Waals surface area contributed by atoms with Crippen LogP contribution >= 0.6 is 11.8 Å². The number of carbonyl (C=O) groups is 1. The summed E-state index contributed by atoms with van der Waals surface area (Å²) in [6.45, 7) is 0.0835. The van der Waals surface area contributed by atoms with Crippen LogP contribution in [0.4, 0.5) is 0 Å². The van der Waals surface area contributed by atoms with E-state index in [-0.39, 0.29) is 13.0 Å². The molecule has 0 saturated heterocycles. The maximum absolute atomic E-state index is 10.3. The van der Waals surface area contributed by atoms with Gasteiger partial charge in [-0.2, -0.15) is 0 Å². The van der Waals surface area contributed by atoms with Crippen molar-refractivity contribution >= 4 is 17.7 Å². The first-order valence-corrected chi connectivity index (χ1v) is 6.75. The van der Waals surface area contributed by atoms with Crippen molar-refractivity contribution in [2.75, 3.05) is 5.75 Å². The monoisotopic (exact) mass is 254 g/mol. The minimum absolute atomic E-state index is 0.0835. The van der Waals surface area contributed by atoms with Crippen LogP contribution < -0.4 is 0 Å². The first-order valence-electron chi connectivity index (χ1n) is 5.77. The van der Waals surface area contributed by atoms with Crippen LogP contribution in [0, 0.1) is 0 Å². The summed E-state index contributed by atoms with van der Waals surface area (Å²) in [5.74, 6) is 0.301. The molecule has 94 valence electrons. The maximum atomic E-state index is 10.3. The molecule has 0 atom stereocenters. The van der Waals surface area contributed by atoms with Crippen molar-refractivity contribution < 1.29 is 15.0 Å². The van der Waals surface area contributed by atoms with Gasteiger partial charge in [0.25, 0.3) is 0 Å². The van der Waals surface area contributed by atoms with Crippen molar-refractivity contribution in [2.45, 2.75) is 37.2 Å². The van der Waals surface area contributed by atoms with Gasteiger partial charge in [0, 0.05) is 11.3 Å². The molecule has 0 aliphatic carbocycles. The van der Waals surface area contributed by atoms with Gasteiger partial charge in [0.05, 0.1) is 6.61 Å². The molecular formula is C13H18O3S. The number of carboxylic acid groups (broad SMARTS) is 1. The number of aliphatic carboxylic acids is 1. The topological polar surface area (TPSA) is 57.5 Å². The quantitative estimate of drug-likeness (QED) is 0.553. The summed E-state index contributed by atoms with van der Waals surface area (Å²) in [6, 6.07) is 7.86. The Morgan fingerprint density at radius 2 is 1.82 bits per heavy atom. The molecule has 1 aromatic rings. The Kier molecular flexibility index (Phi) is 6.74. The normalized spacial score (nSPS) is 10.4. The third-order valence-corrected chi connectivity index (χ3v) is 3.51. The van der Waals surface area contributed by atoms with Gasteiger partial charge in [-0.1, -0.05) is 18.6 Å². The molecule has 4 heteroatoms. The molecule has 0 unspecified atom stereocenters. The molecule has 0 bridgehead atoms. The van der Waals surface area contributed by atoms with Gasteiger partial charge < -0.3 is 10.2 Å². The lowest BCUT2D eigenvalue weighted by Gasteiger charge is -2.02. The van der Waals surface area contributed by atoms with E-state index >= 15 is 0 Å². The second-order valence-corrected chi connectivity index (χ2v) is 5.02. The molecule has 0 aliphatic heterocycles. The Bertz CT molecular complexity index is 335. The molecule has 0 radical (unpaired) electrons. The molecule has 0 aromatic heterocycles. The molecule has 0 amide bonds. The zero-order valence-electron chi connectivity index (χ0n) is 9.76. The summed E-state index contributed by atoms with van der Waals surface area (Å²) in [4.78, 5) is 11.5. The summed E-state index contributed by atoms with van der Waals surface area (Å²) in [6.07, 6.45) is 3.04. The number of hydrogen-bond donors (Lipinski definition) is 2. The van der Waals surface area contributed by atoms with E-state index in [9.17, 15) is 4.79 Å². The second kappa shape index (κ2) is 8.14. The molecular weight excluding hydrogens is 236 g/mol. The Morgan fingerprint density at radius 1 is 1.12 bits per heavy atom. The maximum Gasteiger partial charge on any atom is 0.303 e. The molecule has 1 aromatic carbocycles. The van der Waals surface area contributed by atoms with Crippen molar-refractivity contribution in [1.29, 1.82) is 0 Å². The lowest BCUT2D eigenvalue weighted by atomic mass is 10.2. The van der Waals surface area contributed by atoms with Crippen LogP contribution in [-0.4, -0.2) is 21.9 Å². The van der Waals surface area contributed by atoms with E-state index in [0.29, 0.717) is 0 Å². The van der Waals surface area contributed by atoms with Gasteiger partial charge in [-0.3, -0.25) is 4.79 Å². The molecule has 17 heavy (non-hydrogen) atoms. The van der Waals surface area contributed by atoms with Gasteiger partial charge >= 0.3 is 5.97 Å². The average Bonchev–Trinajstić information content (AvgIpc) is 2.34. The largest absolute Gasteiger partial charge is 0.481 e. The van der Waals surface area contributed by atoms with E-state index in [1.165, 1.54) is 4.90 Å². The predicted octanol–water partition coefficient (Wildman–Crippen LogP) is 2.92. The number of thioether (sulfide) groups is 1. The van der Waals surface area contributed by atoms with Gasteiger partial charge in [0.1, 0.15) is 0 Å². The molecule has 0 aliphatic rings. The van der Waals surface area contributed by atoms with Crippen molar-refractivity contribution in [3.05, 3.63) is 29.8 Å². The van der Waals surface area contributed by atoms with Crippen LogP contribution in [0.3, 0.4) is 0 Å². The smallest absolute Gasteiger partial charge is 0.303 e. The van der Waals surface area contributed by atoms with E-state index in [2.05, 4.69) is 0 Å². The van der Waals surface area contributed by atoms with Crippen molar-refractivity contribution in [3.8, 4) is 0 Å². The summed E-state index contributed by atoms with van der Waals surface area (Å²) >= 11 is 1.77. The molecule has 0 saturated carbocycles. The third kappa shape index (κ3) is 6.34. The molecule has 1 rings (SSSR count). The Labute approximate surface area is 106 Å². The fourth-order valence-corrected chi connectivity index (χ4v) is 2.35. The molecule has 2 N–H and O–H groups in total. The first kappa shape index (κ1) is 14.1. The summed E-state index contributed by atoms with van der Waals surface area (Å²) in [7, 11) is 0. The minimum atomic E-state index is -0.711. The predicted molar refractivity (Wildman–Crippen MR) is 69.2 cm³/mol. The van der Waals surface area contributed by atoms with E-state index in [1.54, 1.807) is 11.8 Å². The number of aliphatic hydroxyl groups is 1. The van der Waals surface area contributed by atoms with Crippen molar-refractivity contribution in [2.24, 2.45) is 0 Å². The van der Waals surface area contributed by atoms with Crippen molar-refractivity contribution in [3.63, 3.8) is 0 Å². The van der Waals surface area contributed by atoms with Crippen LogP contribution in [0.1, 0.15) is 31.2 Å². The van der Waals surface area contributed by atoms with Gasteiger partial charge in [0.15, 0.2) is 0 Å². The van der Waals surface area contributed by atoms with E-state index < -0.39 is 5.97 Å². The van der Waals surface area contributed by atoms with E-state index in [4.69, 9.17) is 10.2 Å². The van der Waals surface area contributed by atoms with Gasteiger partial charge in [0.2, 0.25) is 0 Å². The van der Waals surface area contributed by atoms with Crippen LogP contribution in [0.2, 0.25) is 0 Å². The average molecular weight is 254 g/mol. The van der Waals surface area contributed by atoms with Crippen LogP contribution in [0.15, 0.2) is 29.2 Å². The summed E-state index contributed by atoms with van der Waals surface area (Å²) in [5, 5.41) is 17.4. The number of carboxylic acids is 1. The fourth-order valence-electron chi connectivity index (χ4n) is 1.44. The Balaban J connectivity index is 2.11. The van der Waals surface area contributed by atoms with Crippen molar-refractivity contribution in [1.82, 2.24) is 0 Å². The lowest BCUT2D eigenvalue weighted by molar-refractivity contribution is -0.137. The molecule has 0 spiro atoms. The molecule has 0 fully saturated rings. The van der Waals surface area contributed by atoms with Gasteiger partial charge in [-0.25, -0.2) is 0 Å². The summed E-state index contributed by atoms with van der Waals surface area (Å²) in [5.41, 5.74) is 0.927. The fraction of sp³-hybridized carbons (Fsp3) is 0.462. The summed E-state index contributed by atoms with van der Waals surface area (Å²) < 4.78 is 0. The number of hydrogen-bond acceptors (Lipinski definition) is 3. The molecule has 0 heterocycles. The standard InChI is InChI=1S/C13H18O3S/c14-10-11-5-7-12(8-6-11)17-9-3-1-2-4-13(15)16/h5-8,14H,1-4,9-10H2,(H,15,16). The number of unbranched alkanes of at least 4 members (excludes halogenated alkanes) is 2. The highest BCUT2D eigenvalue weighted by atomic mass is 32.2. The van der Waals surface area contributed by atoms with Crippen LogP contribution in [-0.2, 0) is 11.4 Å². The van der Waals surface area contributed by atoms with E-state index in [1.807, 2.05) is 24.3 Å². The van der Waals surface area contributed by atoms with E-state index in [0.717, 1.165) is 30.6 Å². The zero-order chi connectivity index (χ0) is 12.5. The highest BCUT2D eigenvalue weighted by Crippen LogP contribution is 2.20. The minimum Gasteiger partial charge on any atom is -0.481 e. The lowest BCUT2D eigenvalue weighted by Crippen LogP contribution is -1.93. The van der Waals surface area contributed by atoms with Crippen LogP contribution in [0.25, 0.3) is 0 Å². The van der Waals surface area contributed by atoms with Gasteiger partial charge in [-0.05, 0) is 36.3 Å².